The van der Waals surface area contributed by atoms with Crippen LogP contribution in [0.1, 0.15) is 34.8 Å². The summed E-state index contributed by atoms with van der Waals surface area (Å²) in [5.74, 6) is 1.26. The monoisotopic (exact) mass is 519 g/mol. The summed E-state index contributed by atoms with van der Waals surface area (Å²) >= 11 is 0. The molecule has 1 heterocycles. The Labute approximate surface area is 223 Å². The predicted octanol–water partition coefficient (Wildman–Crippen LogP) is 6.99. The van der Waals surface area contributed by atoms with Crippen molar-refractivity contribution in [2.75, 3.05) is 6.73 Å². The Morgan fingerprint density at radius 1 is 0.789 bits per heavy atom. The Morgan fingerprint density at radius 2 is 1.37 bits per heavy atom. The fraction of sp³-hybridized carbons (Fsp3) is 0.161. The van der Waals surface area contributed by atoms with Gasteiger partial charge in [-0.2, -0.15) is 4.58 Å². The average molecular weight is 520 g/mol. The molecule has 0 saturated heterocycles. The molecule has 0 amide bonds. The van der Waals surface area contributed by atoms with Gasteiger partial charge in [0.2, 0.25) is 5.69 Å². The Bertz CT molecular complexity index is 1480. The van der Waals surface area contributed by atoms with E-state index < -0.39 is 0 Å². The number of halogens is 1. The lowest BCUT2D eigenvalue weighted by Crippen LogP contribution is -2.21. The standard InChI is InChI=1S/C16H15NO2.C15H15NO2.FH.H2/c1-11-4-3-5-12(2)16(11)17-9-13-8-14(18)6-7-15(13)19-10-17;1-10-4-3-5-11(2)15(10)16-9-12-8-13(17)6-7-14(12)18;;/h3-9H,10H2,1-2H3;3-9,17-18H,1-2H3;2*1H/p+1/i;;;1+2. The minimum Gasteiger partial charge on any atom is -0.508 e. The van der Waals surface area contributed by atoms with E-state index in [1.165, 1.54) is 29.3 Å². The van der Waals surface area contributed by atoms with Crippen LogP contribution in [0.25, 0.3) is 0 Å². The van der Waals surface area contributed by atoms with E-state index in [1.54, 1.807) is 24.4 Å². The quantitative estimate of drug-likeness (QED) is 0.155. The molecule has 1 aliphatic heterocycles. The van der Waals surface area contributed by atoms with Gasteiger partial charge in [0, 0.05) is 24.3 Å². The van der Waals surface area contributed by atoms with E-state index in [9.17, 15) is 15.3 Å². The number of ether oxygens (including phenoxy) is 1. The van der Waals surface area contributed by atoms with E-state index in [0.717, 1.165) is 33.8 Å². The third kappa shape index (κ3) is 6.37. The summed E-state index contributed by atoms with van der Waals surface area (Å²) in [6.45, 7) is 8.65. The second-order valence-electron chi connectivity index (χ2n) is 9.08. The van der Waals surface area contributed by atoms with Gasteiger partial charge in [-0.15, -0.1) is 0 Å². The fourth-order valence-corrected chi connectivity index (χ4v) is 4.29. The zero-order chi connectivity index (χ0) is 26.5. The van der Waals surface area contributed by atoms with Gasteiger partial charge in [0.1, 0.15) is 23.0 Å². The summed E-state index contributed by atoms with van der Waals surface area (Å²) in [6.07, 6.45) is 3.58. The molecule has 5 rings (SSSR count). The second kappa shape index (κ2) is 12.1. The first-order valence-electron chi connectivity index (χ1n) is 12.0. The number of benzene rings is 4. The first-order valence-corrected chi connectivity index (χ1v) is 12.0. The molecule has 0 atom stereocenters. The lowest BCUT2D eigenvalue weighted by molar-refractivity contribution is -0.477. The van der Waals surface area contributed by atoms with Crippen molar-refractivity contribution >= 4 is 23.8 Å². The van der Waals surface area contributed by atoms with Crippen LogP contribution in [0, 0.1) is 27.7 Å². The maximum Gasteiger partial charge on any atom is 0.292 e. The minimum atomic E-state index is 0. The van der Waals surface area contributed by atoms with E-state index in [4.69, 9.17) is 4.74 Å². The van der Waals surface area contributed by atoms with Crippen molar-refractivity contribution in [1.82, 2.24) is 0 Å². The van der Waals surface area contributed by atoms with Gasteiger partial charge in [-0.3, -0.25) is 9.70 Å². The molecular formula is C31H34FN2O4+. The highest BCUT2D eigenvalue weighted by Gasteiger charge is 2.22. The molecule has 0 aliphatic carbocycles. The summed E-state index contributed by atoms with van der Waals surface area (Å²) in [7, 11) is 0. The number of para-hydroxylation sites is 2. The predicted molar refractivity (Wildman–Crippen MR) is 152 cm³/mol. The molecule has 1 aliphatic rings. The lowest BCUT2D eigenvalue weighted by Gasteiger charge is -2.15. The topological polar surface area (TPSA) is 85.3 Å². The van der Waals surface area contributed by atoms with Gasteiger partial charge in [-0.1, -0.05) is 36.4 Å². The molecule has 0 radical (unpaired) electrons. The molecule has 0 spiro atoms. The molecule has 0 bridgehead atoms. The van der Waals surface area contributed by atoms with Gasteiger partial charge in [0.15, 0.2) is 6.21 Å². The lowest BCUT2D eigenvalue weighted by atomic mass is 10.1. The SMILES string of the molecule is Cc1cccc(C)c1N=Cc1cc(O)ccc1O.Cc1cccc(C)c1[N+]1=Cc2cc(O)ccc2OC1.F.[3HH]. The highest BCUT2D eigenvalue weighted by atomic mass is 19.0. The van der Waals surface area contributed by atoms with Crippen molar-refractivity contribution in [3.63, 3.8) is 0 Å². The number of hydrogen-bond donors (Lipinski definition) is 3. The van der Waals surface area contributed by atoms with E-state index in [2.05, 4.69) is 41.6 Å². The Balaban J connectivity index is 0.000000261. The van der Waals surface area contributed by atoms with Crippen LogP contribution >= 0.6 is 0 Å². The summed E-state index contributed by atoms with van der Waals surface area (Å²) < 4.78 is 7.81. The number of aryl methyl sites for hydroxylation is 4. The molecule has 0 unspecified atom stereocenters. The number of phenolic OH excluding ortho intramolecular Hbond substituents is 3. The van der Waals surface area contributed by atoms with Crippen molar-refractivity contribution in [3.8, 4) is 23.0 Å². The summed E-state index contributed by atoms with van der Waals surface area (Å²) in [6, 6.07) is 21.7. The number of aliphatic imine (C=N–C) groups is 1. The second-order valence-corrected chi connectivity index (χ2v) is 9.08. The number of phenols is 3. The number of nitrogens with zero attached hydrogens (tertiary/aromatic N) is 2. The van der Waals surface area contributed by atoms with E-state index >= 15 is 0 Å². The summed E-state index contributed by atoms with van der Waals surface area (Å²) in [5, 5.41) is 28.6. The molecule has 6 nitrogen and oxygen atoms in total. The minimum absolute atomic E-state index is 0. The molecule has 38 heavy (non-hydrogen) atoms. The Kier molecular flexibility index (Phi) is 8.86. The molecule has 4 aromatic carbocycles. The van der Waals surface area contributed by atoms with Crippen LogP contribution in [-0.4, -0.2) is 39.1 Å². The van der Waals surface area contributed by atoms with Gasteiger partial charge in [-0.25, -0.2) is 0 Å². The normalized spacial score (nSPS) is 11.9. The van der Waals surface area contributed by atoms with Gasteiger partial charge in [-0.05, 0) is 75.2 Å². The highest BCUT2D eigenvalue weighted by Crippen LogP contribution is 2.29. The first kappa shape index (κ1) is 27.9. The summed E-state index contributed by atoms with van der Waals surface area (Å²) in [5.41, 5.74) is 8.02. The maximum atomic E-state index is 9.65. The van der Waals surface area contributed by atoms with Crippen LogP contribution in [0.15, 0.2) is 77.8 Å². The van der Waals surface area contributed by atoms with Crippen molar-refractivity contribution in [2.45, 2.75) is 27.7 Å². The molecular weight excluding hydrogens is 483 g/mol. The fourth-order valence-electron chi connectivity index (χ4n) is 4.29. The van der Waals surface area contributed by atoms with Crippen LogP contribution in [0.2, 0.25) is 0 Å². The smallest absolute Gasteiger partial charge is 0.292 e. The van der Waals surface area contributed by atoms with Gasteiger partial charge in [0.05, 0.1) is 11.3 Å². The van der Waals surface area contributed by atoms with Crippen LogP contribution in [0.5, 0.6) is 23.0 Å². The van der Waals surface area contributed by atoms with Crippen molar-refractivity contribution in [1.29, 1.82) is 0 Å². The Morgan fingerprint density at radius 3 is 2.03 bits per heavy atom. The zero-order valence-corrected chi connectivity index (χ0v) is 21.8. The highest BCUT2D eigenvalue weighted by molar-refractivity contribution is 5.86. The third-order valence-corrected chi connectivity index (χ3v) is 6.16. The number of hydrogen-bond acceptors (Lipinski definition) is 5. The third-order valence-electron chi connectivity index (χ3n) is 6.16. The van der Waals surface area contributed by atoms with E-state index in [-0.39, 0.29) is 23.4 Å². The summed E-state index contributed by atoms with van der Waals surface area (Å²) in [4.78, 5) is 4.38. The van der Waals surface area contributed by atoms with Gasteiger partial charge in [0.25, 0.3) is 6.73 Å². The first-order chi connectivity index (χ1) is 17.7. The van der Waals surface area contributed by atoms with Crippen LogP contribution in [0.4, 0.5) is 16.1 Å². The van der Waals surface area contributed by atoms with Crippen LogP contribution in [-0.2, 0) is 0 Å². The molecule has 3 N–H and O–H groups in total. The Hall–Kier alpha value is -4.65. The van der Waals surface area contributed by atoms with Crippen molar-refractivity contribution < 1.29 is 30.8 Å². The molecule has 4 aromatic rings. The largest absolute Gasteiger partial charge is 0.508 e. The van der Waals surface area contributed by atoms with E-state index in [0.29, 0.717) is 12.3 Å². The molecule has 7 heteroatoms. The molecule has 0 saturated carbocycles. The zero-order valence-electron chi connectivity index (χ0n) is 21.8. The van der Waals surface area contributed by atoms with E-state index in [1.807, 2.05) is 38.3 Å². The van der Waals surface area contributed by atoms with Crippen molar-refractivity contribution in [3.05, 3.63) is 106 Å². The molecule has 0 fully saturated rings. The van der Waals surface area contributed by atoms with Crippen molar-refractivity contribution in [2.24, 2.45) is 4.99 Å². The van der Waals surface area contributed by atoms with Gasteiger partial charge < -0.3 is 20.1 Å². The number of aromatic hydroxyl groups is 3. The average Bonchev–Trinajstić information content (AvgIpc) is 2.86. The number of fused-ring (bicyclic) bond motifs is 1. The maximum absolute atomic E-state index is 9.65. The van der Waals surface area contributed by atoms with Gasteiger partial charge >= 0.3 is 0 Å². The van der Waals surface area contributed by atoms with Crippen LogP contribution in [0.3, 0.4) is 0 Å². The molecule has 198 valence electrons. The number of rotatable bonds is 3. The molecule has 0 aromatic heterocycles. The van der Waals surface area contributed by atoms with Crippen LogP contribution < -0.4 is 4.74 Å².